The smallest absolute Gasteiger partial charge is 0.191 e. The normalized spacial score (nSPS) is 12.9. The number of guanidine groups is 1. The third-order valence-electron chi connectivity index (χ3n) is 4.48. The van der Waals surface area contributed by atoms with Gasteiger partial charge in [0.1, 0.15) is 5.75 Å². The number of hydrogen-bond acceptors (Lipinski definition) is 3. The van der Waals surface area contributed by atoms with Crippen molar-refractivity contribution in [1.29, 1.82) is 0 Å². The van der Waals surface area contributed by atoms with E-state index in [2.05, 4.69) is 71.3 Å². The Balaban J connectivity index is 1.77. The number of rotatable bonds is 9. The zero-order chi connectivity index (χ0) is 20.5. The van der Waals surface area contributed by atoms with Crippen molar-refractivity contribution in [3.63, 3.8) is 0 Å². The number of aryl methyl sites for hydroxylation is 3. The summed E-state index contributed by atoms with van der Waals surface area (Å²) in [5.41, 5.74) is 3.47. The van der Waals surface area contributed by atoms with E-state index < -0.39 is 0 Å². The van der Waals surface area contributed by atoms with Crippen molar-refractivity contribution >= 4 is 5.96 Å². The van der Waals surface area contributed by atoms with Gasteiger partial charge in [-0.3, -0.25) is 9.67 Å². The molecule has 0 saturated carbocycles. The Morgan fingerprint density at radius 2 is 1.89 bits per heavy atom. The average Bonchev–Trinajstić information content (AvgIpc) is 2.99. The van der Waals surface area contributed by atoms with Gasteiger partial charge in [0.25, 0.3) is 0 Å². The molecule has 0 aliphatic heterocycles. The molecule has 0 fully saturated rings. The Labute approximate surface area is 169 Å². The Morgan fingerprint density at radius 3 is 2.46 bits per heavy atom. The highest BCUT2D eigenvalue weighted by Crippen LogP contribution is 2.18. The summed E-state index contributed by atoms with van der Waals surface area (Å²) in [6, 6.07) is 10.5. The number of benzene rings is 1. The van der Waals surface area contributed by atoms with E-state index in [-0.39, 0.29) is 6.04 Å². The topological polar surface area (TPSA) is 63.5 Å². The molecule has 1 unspecified atom stereocenters. The lowest BCUT2D eigenvalue weighted by Crippen LogP contribution is -2.39. The molecule has 6 heteroatoms. The maximum absolute atomic E-state index is 5.75. The summed E-state index contributed by atoms with van der Waals surface area (Å²) >= 11 is 0. The van der Waals surface area contributed by atoms with Crippen molar-refractivity contribution in [1.82, 2.24) is 20.4 Å². The van der Waals surface area contributed by atoms with Crippen LogP contribution in [0.15, 0.2) is 35.3 Å². The Bertz CT molecular complexity index is 749. The lowest BCUT2D eigenvalue weighted by molar-refractivity contribution is 0.271. The first kappa shape index (κ1) is 21.8. The van der Waals surface area contributed by atoms with Crippen LogP contribution in [0.25, 0.3) is 0 Å². The molecule has 1 atom stereocenters. The second kappa shape index (κ2) is 10.7. The van der Waals surface area contributed by atoms with Crippen molar-refractivity contribution in [3.8, 4) is 5.75 Å². The summed E-state index contributed by atoms with van der Waals surface area (Å²) in [4.78, 5) is 4.33. The number of hydrogen-bond donors (Lipinski definition) is 2. The second-order valence-corrected chi connectivity index (χ2v) is 7.64. The predicted octanol–water partition coefficient (Wildman–Crippen LogP) is 3.85. The fraction of sp³-hybridized carbons (Fsp3) is 0.545. The van der Waals surface area contributed by atoms with E-state index in [1.54, 1.807) is 7.05 Å². The highest BCUT2D eigenvalue weighted by molar-refractivity contribution is 5.80. The first-order chi connectivity index (χ1) is 13.4. The van der Waals surface area contributed by atoms with E-state index >= 15 is 0 Å². The van der Waals surface area contributed by atoms with E-state index in [4.69, 9.17) is 4.74 Å². The molecule has 6 nitrogen and oxygen atoms in total. The van der Waals surface area contributed by atoms with Crippen LogP contribution in [-0.4, -0.2) is 35.9 Å². The van der Waals surface area contributed by atoms with Crippen molar-refractivity contribution in [2.24, 2.45) is 10.9 Å². The van der Waals surface area contributed by atoms with Crippen LogP contribution < -0.4 is 15.4 Å². The summed E-state index contributed by atoms with van der Waals surface area (Å²) < 4.78 is 7.81. The van der Waals surface area contributed by atoms with Crippen LogP contribution in [0.3, 0.4) is 0 Å². The second-order valence-electron chi connectivity index (χ2n) is 7.64. The number of ether oxygens (including phenoxy) is 1. The fourth-order valence-corrected chi connectivity index (χ4v) is 2.94. The molecule has 0 saturated heterocycles. The summed E-state index contributed by atoms with van der Waals surface area (Å²) in [6.07, 6.45) is 0.985. The Morgan fingerprint density at radius 1 is 1.18 bits per heavy atom. The molecule has 0 aliphatic rings. The minimum atomic E-state index is 0.154. The van der Waals surface area contributed by atoms with E-state index in [0.29, 0.717) is 5.92 Å². The number of nitrogens with one attached hydrogen (secondary N) is 2. The van der Waals surface area contributed by atoms with Crippen molar-refractivity contribution in [2.75, 3.05) is 20.2 Å². The van der Waals surface area contributed by atoms with Gasteiger partial charge in [-0.1, -0.05) is 26.0 Å². The molecule has 28 heavy (non-hydrogen) atoms. The minimum absolute atomic E-state index is 0.154. The summed E-state index contributed by atoms with van der Waals surface area (Å²) in [6.45, 7) is 13.0. The quantitative estimate of drug-likeness (QED) is 0.391. The molecule has 0 amide bonds. The molecule has 2 N–H and O–H groups in total. The van der Waals surface area contributed by atoms with Crippen LogP contribution in [0.4, 0.5) is 0 Å². The summed E-state index contributed by atoms with van der Waals surface area (Å²) in [7, 11) is 1.80. The molecule has 0 spiro atoms. The first-order valence-electron chi connectivity index (χ1n) is 10.1. The molecule has 2 aromatic rings. The van der Waals surface area contributed by atoms with Gasteiger partial charge in [-0.05, 0) is 56.9 Å². The lowest BCUT2D eigenvalue weighted by Gasteiger charge is -2.19. The van der Waals surface area contributed by atoms with Crippen LogP contribution in [-0.2, 0) is 6.54 Å². The zero-order valence-electron chi connectivity index (χ0n) is 18.1. The van der Waals surface area contributed by atoms with Crippen LogP contribution >= 0.6 is 0 Å². The van der Waals surface area contributed by atoms with E-state index in [0.717, 1.165) is 43.5 Å². The van der Waals surface area contributed by atoms with Gasteiger partial charge in [-0.2, -0.15) is 5.10 Å². The molecule has 2 rings (SSSR count). The highest BCUT2D eigenvalue weighted by atomic mass is 16.5. The molecular formula is C22H35N5O. The van der Waals surface area contributed by atoms with Crippen molar-refractivity contribution in [2.45, 2.75) is 53.6 Å². The fourth-order valence-electron chi connectivity index (χ4n) is 2.94. The molecule has 0 radical (unpaired) electrons. The Hall–Kier alpha value is -2.50. The van der Waals surface area contributed by atoms with Gasteiger partial charge in [-0.15, -0.1) is 0 Å². The molecule has 0 aliphatic carbocycles. The van der Waals surface area contributed by atoms with Crippen molar-refractivity contribution < 1.29 is 4.74 Å². The van der Waals surface area contributed by atoms with Crippen LogP contribution in [0, 0.1) is 19.8 Å². The standard InChI is InChI=1S/C22H35N5O/c1-16(2)15-28-21-10-8-20(9-11-21)19(5)25-22(23-6)24-12-7-13-27-18(4)14-17(3)26-27/h8-11,14,16,19H,7,12-13,15H2,1-6H3,(H2,23,24,25). The largest absolute Gasteiger partial charge is 0.493 e. The molecule has 1 aromatic heterocycles. The van der Waals surface area contributed by atoms with E-state index in [9.17, 15) is 0 Å². The lowest BCUT2D eigenvalue weighted by atomic mass is 10.1. The van der Waals surface area contributed by atoms with Gasteiger partial charge >= 0.3 is 0 Å². The van der Waals surface area contributed by atoms with Gasteiger partial charge in [0.2, 0.25) is 0 Å². The number of nitrogens with zero attached hydrogens (tertiary/aromatic N) is 3. The maximum atomic E-state index is 5.75. The van der Waals surface area contributed by atoms with Gasteiger partial charge < -0.3 is 15.4 Å². The van der Waals surface area contributed by atoms with E-state index in [1.165, 1.54) is 11.3 Å². The zero-order valence-corrected chi connectivity index (χ0v) is 18.1. The molecule has 1 heterocycles. The first-order valence-corrected chi connectivity index (χ1v) is 10.1. The molecular weight excluding hydrogens is 350 g/mol. The average molecular weight is 386 g/mol. The van der Waals surface area contributed by atoms with Crippen molar-refractivity contribution in [3.05, 3.63) is 47.3 Å². The third kappa shape index (κ3) is 6.91. The number of aliphatic imine (C=N–C) groups is 1. The van der Waals surface area contributed by atoms with Crippen LogP contribution in [0.2, 0.25) is 0 Å². The SMILES string of the molecule is CN=C(NCCCn1nc(C)cc1C)NC(C)c1ccc(OCC(C)C)cc1. The summed E-state index contributed by atoms with van der Waals surface area (Å²) in [5, 5.41) is 11.3. The molecule has 0 bridgehead atoms. The molecule has 1 aromatic carbocycles. The Kier molecular flexibility index (Phi) is 8.36. The molecule has 154 valence electrons. The van der Waals surface area contributed by atoms with Gasteiger partial charge in [0.05, 0.1) is 18.3 Å². The minimum Gasteiger partial charge on any atom is -0.493 e. The highest BCUT2D eigenvalue weighted by Gasteiger charge is 2.08. The summed E-state index contributed by atoms with van der Waals surface area (Å²) in [5.74, 6) is 2.24. The monoisotopic (exact) mass is 385 g/mol. The number of aromatic nitrogens is 2. The maximum Gasteiger partial charge on any atom is 0.191 e. The van der Waals surface area contributed by atoms with Gasteiger partial charge in [0.15, 0.2) is 5.96 Å². The predicted molar refractivity (Wildman–Crippen MR) is 116 cm³/mol. The van der Waals surface area contributed by atoms with Crippen LogP contribution in [0.5, 0.6) is 5.75 Å². The van der Waals surface area contributed by atoms with E-state index in [1.807, 2.05) is 19.1 Å². The van der Waals surface area contributed by atoms with Gasteiger partial charge in [-0.25, -0.2) is 0 Å². The van der Waals surface area contributed by atoms with Gasteiger partial charge in [0, 0.05) is 25.8 Å². The third-order valence-corrected chi connectivity index (χ3v) is 4.48. The van der Waals surface area contributed by atoms with Crippen LogP contribution in [0.1, 0.15) is 50.2 Å².